The summed E-state index contributed by atoms with van der Waals surface area (Å²) in [4.78, 5) is 4.27. The molecule has 3 nitrogen and oxygen atoms in total. The highest BCUT2D eigenvalue weighted by Gasteiger charge is 2.37. The van der Waals surface area contributed by atoms with Gasteiger partial charge >= 0.3 is 0 Å². The second-order valence-electron chi connectivity index (χ2n) is 6.17. The summed E-state index contributed by atoms with van der Waals surface area (Å²) in [6, 6.07) is 10.4. The molecule has 3 heteroatoms. The molecule has 0 saturated heterocycles. The SMILES string of the molecule is CCC(N)(c1cccnc1)C1CCc2cccc(OC)c2C1. The molecule has 0 radical (unpaired) electrons. The largest absolute Gasteiger partial charge is 0.496 e. The first-order valence-electron chi connectivity index (χ1n) is 8.03. The lowest BCUT2D eigenvalue weighted by molar-refractivity contribution is 0.234. The van der Waals surface area contributed by atoms with E-state index in [0.29, 0.717) is 5.92 Å². The van der Waals surface area contributed by atoms with Gasteiger partial charge < -0.3 is 10.5 Å². The number of nitrogens with zero attached hydrogens (tertiary/aromatic N) is 1. The topological polar surface area (TPSA) is 48.1 Å². The van der Waals surface area contributed by atoms with Crippen LogP contribution in [-0.4, -0.2) is 12.1 Å². The van der Waals surface area contributed by atoms with E-state index < -0.39 is 0 Å². The van der Waals surface area contributed by atoms with Gasteiger partial charge in [-0.05, 0) is 60.4 Å². The van der Waals surface area contributed by atoms with Crippen LogP contribution in [0.3, 0.4) is 0 Å². The molecule has 1 aromatic carbocycles. The van der Waals surface area contributed by atoms with Crippen LogP contribution in [0.15, 0.2) is 42.7 Å². The Balaban J connectivity index is 1.96. The fourth-order valence-electron chi connectivity index (χ4n) is 3.75. The maximum absolute atomic E-state index is 6.86. The third kappa shape index (κ3) is 2.50. The van der Waals surface area contributed by atoms with E-state index in [4.69, 9.17) is 10.5 Å². The van der Waals surface area contributed by atoms with Gasteiger partial charge in [0, 0.05) is 17.9 Å². The van der Waals surface area contributed by atoms with Gasteiger partial charge in [-0.25, -0.2) is 0 Å². The van der Waals surface area contributed by atoms with E-state index in [-0.39, 0.29) is 5.54 Å². The van der Waals surface area contributed by atoms with Crippen LogP contribution in [0.4, 0.5) is 0 Å². The lowest BCUT2D eigenvalue weighted by Crippen LogP contribution is -2.46. The van der Waals surface area contributed by atoms with E-state index in [0.717, 1.165) is 37.0 Å². The Morgan fingerprint density at radius 3 is 2.86 bits per heavy atom. The highest BCUT2D eigenvalue weighted by Crippen LogP contribution is 2.41. The monoisotopic (exact) mass is 296 g/mol. The van der Waals surface area contributed by atoms with Crippen molar-refractivity contribution >= 4 is 0 Å². The number of pyridine rings is 1. The van der Waals surface area contributed by atoms with Crippen molar-refractivity contribution < 1.29 is 4.74 Å². The first kappa shape index (κ1) is 15.0. The zero-order valence-electron chi connectivity index (χ0n) is 13.4. The minimum absolute atomic E-state index is 0.327. The molecule has 1 aliphatic rings. The van der Waals surface area contributed by atoms with Gasteiger partial charge in [0.15, 0.2) is 0 Å². The second-order valence-corrected chi connectivity index (χ2v) is 6.17. The predicted molar refractivity (Wildman–Crippen MR) is 88.9 cm³/mol. The summed E-state index contributed by atoms with van der Waals surface area (Å²) in [6.45, 7) is 2.17. The molecule has 1 aliphatic carbocycles. The first-order valence-corrected chi connectivity index (χ1v) is 8.03. The van der Waals surface area contributed by atoms with Crippen LogP contribution in [0, 0.1) is 5.92 Å². The van der Waals surface area contributed by atoms with Crippen molar-refractivity contribution in [1.29, 1.82) is 0 Å². The maximum Gasteiger partial charge on any atom is 0.122 e. The Morgan fingerprint density at radius 1 is 1.32 bits per heavy atom. The average molecular weight is 296 g/mol. The van der Waals surface area contributed by atoms with Crippen molar-refractivity contribution in [2.45, 2.75) is 38.1 Å². The molecule has 0 fully saturated rings. The van der Waals surface area contributed by atoms with Crippen LogP contribution in [0.1, 0.15) is 36.5 Å². The molecule has 0 spiro atoms. The molecular formula is C19H24N2O. The number of methoxy groups -OCH3 is 1. The van der Waals surface area contributed by atoms with Gasteiger partial charge in [0.1, 0.15) is 5.75 Å². The number of fused-ring (bicyclic) bond motifs is 1. The molecule has 0 bridgehead atoms. The number of rotatable bonds is 4. The first-order chi connectivity index (χ1) is 10.7. The summed E-state index contributed by atoms with van der Waals surface area (Å²) >= 11 is 0. The summed E-state index contributed by atoms with van der Waals surface area (Å²) < 4.78 is 5.56. The Kier molecular flexibility index (Phi) is 4.16. The van der Waals surface area contributed by atoms with Gasteiger partial charge in [-0.1, -0.05) is 25.1 Å². The average Bonchev–Trinajstić information content (AvgIpc) is 2.60. The molecule has 2 N–H and O–H groups in total. The molecule has 3 rings (SSSR count). The predicted octanol–water partition coefficient (Wildman–Crippen LogP) is 3.46. The van der Waals surface area contributed by atoms with Crippen molar-refractivity contribution in [3.05, 3.63) is 59.4 Å². The fourth-order valence-corrected chi connectivity index (χ4v) is 3.75. The molecule has 0 saturated carbocycles. The van der Waals surface area contributed by atoms with Crippen LogP contribution >= 0.6 is 0 Å². The van der Waals surface area contributed by atoms with Gasteiger partial charge in [-0.2, -0.15) is 0 Å². The van der Waals surface area contributed by atoms with E-state index in [9.17, 15) is 0 Å². The van der Waals surface area contributed by atoms with Crippen molar-refractivity contribution in [2.24, 2.45) is 11.7 Å². The van der Waals surface area contributed by atoms with Gasteiger partial charge in [-0.3, -0.25) is 4.98 Å². The van der Waals surface area contributed by atoms with E-state index in [1.165, 1.54) is 11.1 Å². The summed E-state index contributed by atoms with van der Waals surface area (Å²) in [6.07, 6.45) is 7.78. The van der Waals surface area contributed by atoms with Crippen molar-refractivity contribution in [3.8, 4) is 5.75 Å². The summed E-state index contributed by atoms with van der Waals surface area (Å²) in [5.74, 6) is 1.40. The highest BCUT2D eigenvalue weighted by molar-refractivity contribution is 5.43. The summed E-state index contributed by atoms with van der Waals surface area (Å²) in [7, 11) is 1.75. The van der Waals surface area contributed by atoms with Crippen LogP contribution in [0.5, 0.6) is 5.75 Å². The molecule has 0 aliphatic heterocycles. The number of aryl methyl sites for hydroxylation is 1. The molecule has 2 unspecified atom stereocenters. The Bertz CT molecular complexity index is 627. The maximum atomic E-state index is 6.86. The van der Waals surface area contributed by atoms with E-state index in [1.807, 2.05) is 12.3 Å². The highest BCUT2D eigenvalue weighted by atomic mass is 16.5. The van der Waals surface area contributed by atoms with Gasteiger partial charge in [-0.15, -0.1) is 0 Å². The Hall–Kier alpha value is -1.87. The minimum atomic E-state index is -0.327. The van der Waals surface area contributed by atoms with Gasteiger partial charge in [0.2, 0.25) is 0 Å². The minimum Gasteiger partial charge on any atom is -0.496 e. The Labute approximate surface area is 132 Å². The lowest BCUT2D eigenvalue weighted by atomic mass is 9.69. The number of ether oxygens (including phenoxy) is 1. The number of hydrogen-bond donors (Lipinski definition) is 1. The molecule has 22 heavy (non-hydrogen) atoms. The zero-order chi connectivity index (χ0) is 15.6. The lowest BCUT2D eigenvalue weighted by Gasteiger charge is -2.40. The zero-order valence-corrected chi connectivity index (χ0v) is 13.4. The van der Waals surface area contributed by atoms with Crippen LogP contribution in [0.25, 0.3) is 0 Å². The van der Waals surface area contributed by atoms with Gasteiger partial charge in [0.05, 0.1) is 7.11 Å². The normalized spacial score (nSPS) is 20.0. The number of benzene rings is 1. The third-order valence-electron chi connectivity index (χ3n) is 5.18. The molecular weight excluding hydrogens is 272 g/mol. The molecule has 1 heterocycles. The number of aromatic nitrogens is 1. The van der Waals surface area contributed by atoms with Crippen molar-refractivity contribution in [1.82, 2.24) is 4.98 Å². The molecule has 2 aromatic rings. The van der Waals surface area contributed by atoms with Crippen molar-refractivity contribution in [3.63, 3.8) is 0 Å². The number of nitrogens with two attached hydrogens (primary N) is 1. The fraction of sp³-hybridized carbons (Fsp3) is 0.421. The summed E-state index contributed by atoms with van der Waals surface area (Å²) in [5.41, 5.74) is 10.4. The third-order valence-corrected chi connectivity index (χ3v) is 5.18. The van der Waals surface area contributed by atoms with Crippen LogP contribution in [-0.2, 0) is 18.4 Å². The number of hydrogen-bond acceptors (Lipinski definition) is 3. The van der Waals surface area contributed by atoms with Crippen LogP contribution in [0.2, 0.25) is 0 Å². The summed E-state index contributed by atoms with van der Waals surface area (Å²) in [5, 5.41) is 0. The van der Waals surface area contributed by atoms with Crippen LogP contribution < -0.4 is 10.5 Å². The molecule has 2 atom stereocenters. The second kappa shape index (κ2) is 6.09. The molecule has 1 aromatic heterocycles. The van der Waals surface area contributed by atoms with E-state index in [2.05, 4.69) is 36.2 Å². The van der Waals surface area contributed by atoms with Crippen molar-refractivity contribution in [2.75, 3.05) is 7.11 Å². The standard InChI is InChI=1S/C19H24N2O/c1-3-19(20,16-7-5-11-21-13-16)15-10-9-14-6-4-8-18(22-2)17(14)12-15/h4-8,11,13,15H,3,9-10,12,20H2,1-2H3. The van der Waals surface area contributed by atoms with Gasteiger partial charge in [0.25, 0.3) is 0 Å². The molecule has 116 valence electrons. The van der Waals surface area contributed by atoms with E-state index >= 15 is 0 Å². The molecule has 0 amide bonds. The van der Waals surface area contributed by atoms with E-state index in [1.54, 1.807) is 13.3 Å². The Morgan fingerprint density at radius 2 is 2.18 bits per heavy atom. The smallest absolute Gasteiger partial charge is 0.122 e. The quantitative estimate of drug-likeness (QED) is 0.940.